The maximum atomic E-state index is 12.8. The fourth-order valence-corrected chi connectivity index (χ4v) is 1.13. The first-order chi connectivity index (χ1) is 7.52. The van der Waals surface area contributed by atoms with Crippen molar-refractivity contribution in [2.45, 2.75) is 13.0 Å². The minimum atomic E-state index is -0.758. The highest BCUT2D eigenvalue weighted by Gasteiger charge is 2.09. The molecule has 6 heteroatoms. The van der Waals surface area contributed by atoms with Crippen molar-refractivity contribution in [3.8, 4) is 0 Å². The highest BCUT2D eigenvalue weighted by molar-refractivity contribution is 5.94. The van der Waals surface area contributed by atoms with Crippen LogP contribution in [0, 0.1) is 11.6 Å². The predicted molar refractivity (Wildman–Crippen MR) is 64.5 cm³/mol. The van der Waals surface area contributed by atoms with Crippen LogP contribution in [0.25, 0.3) is 0 Å². The van der Waals surface area contributed by atoms with Crippen molar-refractivity contribution in [1.29, 1.82) is 0 Å². The molecule has 2 N–H and O–H groups in total. The van der Waals surface area contributed by atoms with E-state index in [4.69, 9.17) is 0 Å². The molecular weight excluding hydrogens is 250 g/mol. The minimum Gasteiger partial charge on any atom is -0.350 e. The Kier molecular flexibility index (Phi) is 6.68. The van der Waals surface area contributed by atoms with Gasteiger partial charge in [-0.15, -0.1) is 12.4 Å². The molecule has 0 aliphatic rings. The summed E-state index contributed by atoms with van der Waals surface area (Å²) in [5.74, 6) is -2.00. The van der Waals surface area contributed by atoms with Crippen molar-refractivity contribution in [1.82, 2.24) is 10.6 Å². The Labute approximate surface area is 105 Å². The summed E-state index contributed by atoms with van der Waals surface area (Å²) < 4.78 is 25.6. The molecule has 1 amide bonds. The van der Waals surface area contributed by atoms with Gasteiger partial charge in [-0.2, -0.15) is 0 Å². The zero-order chi connectivity index (χ0) is 12.1. The average molecular weight is 265 g/mol. The van der Waals surface area contributed by atoms with E-state index in [1.54, 1.807) is 7.05 Å². The maximum absolute atomic E-state index is 12.8. The van der Waals surface area contributed by atoms with Gasteiger partial charge in [-0.25, -0.2) is 8.78 Å². The Morgan fingerprint density at radius 3 is 2.29 bits per heavy atom. The zero-order valence-electron chi connectivity index (χ0n) is 9.59. The normalized spacial score (nSPS) is 11.5. The number of likely N-dealkylation sites (N-methyl/N-ethyl adjacent to an activating group) is 1. The second-order valence-corrected chi connectivity index (χ2v) is 3.56. The van der Waals surface area contributed by atoms with Crippen LogP contribution in [0.15, 0.2) is 18.2 Å². The number of rotatable bonds is 4. The molecule has 96 valence electrons. The first-order valence-corrected chi connectivity index (χ1v) is 4.94. The van der Waals surface area contributed by atoms with Gasteiger partial charge in [0.15, 0.2) is 0 Å². The molecule has 0 saturated heterocycles. The van der Waals surface area contributed by atoms with Gasteiger partial charge in [0.2, 0.25) is 0 Å². The van der Waals surface area contributed by atoms with E-state index in [-0.39, 0.29) is 24.0 Å². The van der Waals surface area contributed by atoms with Crippen LogP contribution in [0.1, 0.15) is 17.3 Å². The Morgan fingerprint density at radius 2 is 1.82 bits per heavy atom. The van der Waals surface area contributed by atoms with E-state index in [9.17, 15) is 13.6 Å². The molecule has 0 spiro atoms. The topological polar surface area (TPSA) is 41.1 Å². The minimum absolute atomic E-state index is 0. The first-order valence-electron chi connectivity index (χ1n) is 4.94. The van der Waals surface area contributed by atoms with E-state index < -0.39 is 17.5 Å². The molecule has 0 radical (unpaired) electrons. The number of carbonyl (C=O) groups excluding carboxylic acids is 1. The largest absolute Gasteiger partial charge is 0.350 e. The van der Waals surface area contributed by atoms with Crippen molar-refractivity contribution in [2.24, 2.45) is 0 Å². The lowest BCUT2D eigenvalue weighted by Crippen LogP contribution is -2.37. The molecule has 1 aromatic carbocycles. The number of nitrogens with one attached hydrogen (secondary N) is 2. The first kappa shape index (κ1) is 15.8. The Bertz CT molecular complexity index is 367. The molecule has 17 heavy (non-hydrogen) atoms. The lowest BCUT2D eigenvalue weighted by atomic mass is 10.2. The Hall–Kier alpha value is -1.20. The van der Waals surface area contributed by atoms with Gasteiger partial charge in [-0.05, 0) is 26.1 Å². The summed E-state index contributed by atoms with van der Waals surface area (Å²) in [6.45, 7) is 2.28. The number of benzene rings is 1. The van der Waals surface area contributed by atoms with Crippen LogP contribution >= 0.6 is 12.4 Å². The van der Waals surface area contributed by atoms with Crippen LogP contribution in [-0.4, -0.2) is 25.5 Å². The fourth-order valence-electron chi connectivity index (χ4n) is 1.13. The number of hydrogen-bond acceptors (Lipinski definition) is 2. The van der Waals surface area contributed by atoms with Gasteiger partial charge in [0.1, 0.15) is 11.6 Å². The number of halogens is 3. The predicted octanol–water partition coefficient (Wildman–Crippen LogP) is 1.72. The zero-order valence-corrected chi connectivity index (χ0v) is 10.4. The fraction of sp³-hybridized carbons (Fsp3) is 0.364. The molecule has 0 aromatic heterocycles. The molecule has 0 heterocycles. The van der Waals surface area contributed by atoms with Gasteiger partial charge in [0, 0.05) is 24.2 Å². The lowest BCUT2D eigenvalue weighted by Gasteiger charge is -2.11. The molecular formula is C11H15ClF2N2O. The summed E-state index contributed by atoms with van der Waals surface area (Å²) in [6.07, 6.45) is 0. The molecule has 0 aliphatic heterocycles. The summed E-state index contributed by atoms with van der Waals surface area (Å²) >= 11 is 0. The average Bonchev–Trinajstić information content (AvgIpc) is 2.23. The monoisotopic (exact) mass is 264 g/mol. The number of carbonyl (C=O) groups is 1. The van der Waals surface area contributed by atoms with Crippen LogP contribution in [0.2, 0.25) is 0 Å². The Balaban J connectivity index is 0.00000256. The molecule has 0 aliphatic carbocycles. The molecule has 3 nitrogen and oxygen atoms in total. The van der Waals surface area contributed by atoms with E-state index in [1.165, 1.54) is 0 Å². The molecule has 1 aromatic rings. The van der Waals surface area contributed by atoms with Crippen molar-refractivity contribution in [2.75, 3.05) is 13.6 Å². The van der Waals surface area contributed by atoms with E-state index in [1.807, 2.05) is 6.92 Å². The SMILES string of the molecule is CNC(C)CNC(=O)c1cc(F)cc(F)c1.Cl. The molecule has 1 unspecified atom stereocenters. The maximum Gasteiger partial charge on any atom is 0.251 e. The van der Waals surface area contributed by atoms with Gasteiger partial charge < -0.3 is 10.6 Å². The van der Waals surface area contributed by atoms with Crippen LogP contribution in [-0.2, 0) is 0 Å². The molecule has 1 rings (SSSR count). The van der Waals surface area contributed by atoms with Crippen LogP contribution < -0.4 is 10.6 Å². The summed E-state index contributed by atoms with van der Waals surface area (Å²) in [6, 6.07) is 2.83. The van der Waals surface area contributed by atoms with Crippen molar-refractivity contribution < 1.29 is 13.6 Å². The van der Waals surface area contributed by atoms with Gasteiger partial charge in [0.25, 0.3) is 5.91 Å². The van der Waals surface area contributed by atoms with E-state index >= 15 is 0 Å². The standard InChI is InChI=1S/C11H14F2N2O.ClH/c1-7(14-2)6-15-11(16)8-3-9(12)5-10(13)4-8;/h3-5,7,14H,6H2,1-2H3,(H,15,16);1H. The molecule has 0 saturated carbocycles. The summed E-state index contributed by atoms with van der Waals surface area (Å²) in [5, 5.41) is 5.50. The quantitative estimate of drug-likeness (QED) is 0.870. The van der Waals surface area contributed by atoms with Crippen LogP contribution in [0.5, 0.6) is 0 Å². The molecule has 0 bridgehead atoms. The van der Waals surface area contributed by atoms with Gasteiger partial charge in [-0.1, -0.05) is 0 Å². The van der Waals surface area contributed by atoms with E-state index in [0.29, 0.717) is 6.54 Å². The van der Waals surface area contributed by atoms with Gasteiger partial charge in [0.05, 0.1) is 0 Å². The second kappa shape index (κ2) is 7.19. The van der Waals surface area contributed by atoms with Gasteiger partial charge in [-0.3, -0.25) is 4.79 Å². The highest BCUT2D eigenvalue weighted by atomic mass is 35.5. The third-order valence-corrected chi connectivity index (χ3v) is 2.19. The van der Waals surface area contributed by atoms with Crippen LogP contribution in [0.3, 0.4) is 0 Å². The summed E-state index contributed by atoms with van der Waals surface area (Å²) in [5.41, 5.74) is -0.0131. The number of hydrogen-bond donors (Lipinski definition) is 2. The third kappa shape index (κ3) is 5.10. The van der Waals surface area contributed by atoms with Crippen molar-refractivity contribution in [3.05, 3.63) is 35.4 Å². The van der Waals surface area contributed by atoms with E-state index in [2.05, 4.69) is 10.6 Å². The Morgan fingerprint density at radius 1 is 1.29 bits per heavy atom. The molecule has 0 fully saturated rings. The number of amides is 1. The van der Waals surface area contributed by atoms with Crippen LogP contribution in [0.4, 0.5) is 8.78 Å². The van der Waals surface area contributed by atoms with Crippen molar-refractivity contribution in [3.63, 3.8) is 0 Å². The molecule has 1 atom stereocenters. The summed E-state index contributed by atoms with van der Waals surface area (Å²) in [7, 11) is 1.76. The summed E-state index contributed by atoms with van der Waals surface area (Å²) in [4.78, 5) is 11.5. The third-order valence-electron chi connectivity index (χ3n) is 2.19. The highest BCUT2D eigenvalue weighted by Crippen LogP contribution is 2.07. The smallest absolute Gasteiger partial charge is 0.251 e. The lowest BCUT2D eigenvalue weighted by molar-refractivity contribution is 0.0949. The van der Waals surface area contributed by atoms with Crippen molar-refractivity contribution >= 4 is 18.3 Å². The van der Waals surface area contributed by atoms with Gasteiger partial charge >= 0.3 is 0 Å². The van der Waals surface area contributed by atoms with E-state index in [0.717, 1.165) is 18.2 Å². The second-order valence-electron chi connectivity index (χ2n) is 3.56.